The highest BCUT2D eigenvalue weighted by Gasteiger charge is 2.07. The van der Waals surface area contributed by atoms with E-state index in [1.54, 1.807) is 14.2 Å². The molecule has 0 aliphatic rings. The predicted octanol–water partition coefficient (Wildman–Crippen LogP) is 3.14. The number of hydrogen-bond donors (Lipinski definition) is 2. The molecule has 0 saturated heterocycles. The molecule has 0 radical (unpaired) electrons. The molecule has 6 nitrogen and oxygen atoms in total. The third kappa shape index (κ3) is 7.75. The maximum Gasteiger partial charge on any atom is 0.251 e. The van der Waals surface area contributed by atoms with E-state index in [4.69, 9.17) is 4.74 Å². The van der Waals surface area contributed by atoms with Gasteiger partial charge in [-0.3, -0.25) is 9.79 Å². The number of carbonyl (C=O) groups excluding carboxylic acids is 1. The van der Waals surface area contributed by atoms with Crippen LogP contribution in [0.25, 0.3) is 0 Å². The molecule has 7 heteroatoms. The maximum absolute atomic E-state index is 12.0. The molecule has 0 aromatic heterocycles. The number of amides is 1. The molecule has 1 amide bonds. The number of methoxy groups -OCH3 is 1. The van der Waals surface area contributed by atoms with Crippen LogP contribution in [0.3, 0.4) is 0 Å². The smallest absolute Gasteiger partial charge is 0.251 e. The minimum absolute atomic E-state index is 0. The summed E-state index contributed by atoms with van der Waals surface area (Å²) in [5, 5.41) is 6.25. The summed E-state index contributed by atoms with van der Waals surface area (Å²) >= 11 is 0. The summed E-state index contributed by atoms with van der Waals surface area (Å²) in [6, 6.07) is 17.2. The van der Waals surface area contributed by atoms with Crippen molar-refractivity contribution >= 4 is 35.8 Å². The Bertz CT molecular complexity index is 736. The van der Waals surface area contributed by atoms with Crippen molar-refractivity contribution in [3.8, 4) is 5.75 Å². The Morgan fingerprint density at radius 2 is 1.68 bits per heavy atom. The monoisotopic (exact) mass is 496 g/mol. The number of ether oxygens (including phenoxy) is 1. The molecule has 0 bridgehead atoms. The Kier molecular flexibility index (Phi) is 11.0. The minimum atomic E-state index is -0.0448. The van der Waals surface area contributed by atoms with Gasteiger partial charge in [0.2, 0.25) is 0 Å². The molecule has 0 unspecified atom stereocenters. The van der Waals surface area contributed by atoms with Crippen LogP contribution in [0.5, 0.6) is 5.75 Å². The average molecular weight is 496 g/mol. The van der Waals surface area contributed by atoms with E-state index in [0.29, 0.717) is 12.1 Å². The van der Waals surface area contributed by atoms with Crippen molar-refractivity contribution in [2.24, 2.45) is 4.99 Å². The largest absolute Gasteiger partial charge is 0.497 e. The highest BCUT2D eigenvalue weighted by atomic mass is 127. The maximum atomic E-state index is 12.0. The molecule has 2 aromatic rings. The van der Waals surface area contributed by atoms with E-state index in [1.807, 2.05) is 61.6 Å². The van der Waals surface area contributed by atoms with Crippen LogP contribution in [0.2, 0.25) is 0 Å². The second-order valence-corrected chi connectivity index (χ2v) is 6.15. The molecular formula is C21H29IN4O2. The highest BCUT2D eigenvalue weighted by molar-refractivity contribution is 14.0. The van der Waals surface area contributed by atoms with Gasteiger partial charge in [0.15, 0.2) is 5.96 Å². The van der Waals surface area contributed by atoms with Gasteiger partial charge in [-0.15, -0.1) is 24.0 Å². The van der Waals surface area contributed by atoms with Gasteiger partial charge in [0, 0.05) is 39.3 Å². The number of carbonyl (C=O) groups is 1. The Morgan fingerprint density at radius 3 is 2.29 bits per heavy atom. The Hall–Kier alpha value is -2.29. The fraction of sp³-hybridized carbons (Fsp3) is 0.333. The molecule has 0 spiro atoms. The molecule has 28 heavy (non-hydrogen) atoms. The number of guanidine groups is 1. The first-order valence-electron chi connectivity index (χ1n) is 9.02. The lowest BCUT2D eigenvalue weighted by Gasteiger charge is -2.22. The second-order valence-electron chi connectivity index (χ2n) is 6.15. The van der Waals surface area contributed by atoms with Crippen molar-refractivity contribution in [2.75, 3.05) is 34.3 Å². The minimum Gasteiger partial charge on any atom is -0.497 e. The Morgan fingerprint density at radius 1 is 1.04 bits per heavy atom. The van der Waals surface area contributed by atoms with Gasteiger partial charge in [-0.25, -0.2) is 0 Å². The van der Waals surface area contributed by atoms with E-state index in [2.05, 4.69) is 20.5 Å². The molecule has 0 fully saturated rings. The molecule has 0 aliphatic carbocycles. The van der Waals surface area contributed by atoms with Crippen LogP contribution in [0.1, 0.15) is 22.3 Å². The fourth-order valence-corrected chi connectivity index (χ4v) is 2.65. The first kappa shape index (κ1) is 23.7. The summed E-state index contributed by atoms with van der Waals surface area (Å²) in [6.45, 7) is 2.09. The number of halogens is 1. The highest BCUT2D eigenvalue weighted by Crippen LogP contribution is 2.12. The van der Waals surface area contributed by atoms with Crippen molar-refractivity contribution in [1.29, 1.82) is 0 Å². The van der Waals surface area contributed by atoms with Crippen LogP contribution in [0, 0.1) is 0 Å². The predicted molar refractivity (Wildman–Crippen MR) is 125 cm³/mol. The van der Waals surface area contributed by atoms with Gasteiger partial charge >= 0.3 is 0 Å². The molecule has 0 atom stereocenters. The number of benzene rings is 2. The Balaban J connectivity index is 0.00000392. The van der Waals surface area contributed by atoms with Gasteiger partial charge in [0.25, 0.3) is 5.91 Å². The molecule has 0 saturated carbocycles. The lowest BCUT2D eigenvalue weighted by molar-refractivity contribution is 0.0953. The van der Waals surface area contributed by atoms with Gasteiger partial charge in [0.1, 0.15) is 5.75 Å². The van der Waals surface area contributed by atoms with Gasteiger partial charge in [-0.2, -0.15) is 0 Å². The van der Waals surface area contributed by atoms with E-state index in [9.17, 15) is 4.79 Å². The van der Waals surface area contributed by atoms with Crippen LogP contribution in [0.4, 0.5) is 0 Å². The number of hydrogen-bond acceptors (Lipinski definition) is 3. The molecule has 0 aliphatic heterocycles. The van der Waals surface area contributed by atoms with Crippen LogP contribution < -0.4 is 15.4 Å². The number of nitrogens with zero attached hydrogens (tertiary/aromatic N) is 2. The van der Waals surface area contributed by atoms with Gasteiger partial charge in [0.05, 0.1) is 7.11 Å². The van der Waals surface area contributed by atoms with Gasteiger partial charge in [-0.05, 0) is 36.2 Å². The number of rotatable bonds is 8. The van der Waals surface area contributed by atoms with Crippen LogP contribution in [-0.2, 0) is 6.54 Å². The summed E-state index contributed by atoms with van der Waals surface area (Å²) in [7, 11) is 5.43. The molecule has 2 aromatic carbocycles. The lowest BCUT2D eigenvalue weighted by atomic mass is 10.2. The molecule has 0 heterocycles. The van der Waals surface area contributed by atoms with E-state index in [-0.39, 0.29) is 29.9 Å². The summed E-state index contributed by atoms with van der Waals surface area (Å²) < 4.78 is 5.18. The number of aliphatic imine (C=N–C) groups is 1. The van der Waals surface area contributed by atoms with E-state index >= 15 is 0 Å². The molecule has 2 N–H and O–H groups in total. The van der Waals surface area contributed by atoms with Crippen molar-refractivity contribution in [3.05, 3.63) is 65.7 Å². The SMILES string of the molecule is CN=C(NCCCNC(=O)c1ccccc1)N(C)Cc1ccc(OC)cc1.I. The quantitative estimate of drug-likeness (QED) is 0.255. The van der Waals surface area contributed by atoms with Crippen molar-refractivity contribution < 1.29 is 9.53 Å². The van der Waals surface area contributed by atoms with Crippen LogP contribution in [0.15, 0.2) is 59.6 Å². The van der Waals surface area contributed by atoms with Crippen molar-refractivity contribution in [3.63, 3.8) is 0 Å². The third-order valence-corrected chi connectivity index (χ3v) is 4.11. The summed E-state index contributed by atoms with van der Waals surface area (Å²) in [4.78, 5) is 18.4. The van der Waals surface area contributed by atoms with E-state index in [1.165, 1.54) is 5.56 Å². The zero-order valence-corrected chi connectivity index (χ0v) is 19.0. The first-order valence-corrected chi connectivity index (χ1v) is 9.02. The van der Waals surface area contributed by atoms with E-state index in [0.717, 1.165) is 31.2 Å². The van der Waals surface area contributed by atoms with E-state index < -0.39 is 0 Å². The van der Waals surface area contributed by atoms with Crippen molar-refractivity contribution in [1.82, 2.24) is 15.5 Å². The molecular weight excluding hydrogens is 467 g/mol. The average Bonchev–Trinajstić information content (AvgIpc) is 2.71. The first-order chi connectivity index (χ1) is 13.1. The zero-order chi connectivity index (χ0) is 19.5. The van der Waals surface area contributed by atoms with Gasteiger partial charge < -0.3 is 20.3 Å². The Labute approximate surface area is 184 Å². The van der Waals surface area contributed by atoms with Gasteiger partial charge in [-0.1, -0.05) is 30.3 Å². The number of nitrogens with one attached hydrogen (secondary N) is 2. The normalized spacial score (nSPS) is 10.6. The molecule has 2 rings (SSSR count). The summed E-state index contributed by atoms with van der Waals surface area (Å²) in [5.41, 5.74) is 1.86. The zero-order valence-electron chi connectivity index (χ0n) is 16.6. The standard InChI is InChI=1S/C21H28N4O2.HI/c1-22-21(25(2)16-17-10-12-19(27-3)13-11-17)24-15-7-14-23-20(26)18-8-5-4-6-9-18;/h4-6,8-13H,7,14-16H2,1-3H3,(H,22,24)(H,23,26);1H. The fourth-order valence-electron chi connectivity index (χ4n) is 2.65. The lowest BCUT2D eigenvalue weighted by Crippen LogP contribution is -2.39. The van der Waals surface area contributed by atoms with Crippen LogP contribution in [-0.4, -0.2) is 51.1 Å². The summed E-state index contributed by atoms with van der Waals surface area (Å²) in [6.07, 6.45) is 0.813. The van der Waals surface area contributed by atoms with Crippen molar-refractivity contribution in [2.45, 2.75) is 13.0 Å². The molecule has 152 valence electrons. The third-order valence-electron chi connectivity index (χ3n) is 4.11. The topological polar surface area (TPSA) is 66.0 Å². The second kappa shape index (κ2) is 13.0. The summed E-state index contributed by atoms with van der Waals surface area (Å²) in [5.74, 6) is 1.62. The van der Waals surface area contributed by atoms with Crippen LogP contribution >= 0.6 is 24.0 Å².